The van der Waals surface area contributed by atoms with E-state index >= 15 is 0 Å². The minimum absolute atomic E-state index is 0.168. The first-order valence-corrected chi connectivity index (χ1v) is 4.71. The Morgan fingerprint density at radius 1 is 1.06 bits per heavy atom. The van der Waals surface area contributed by atoms with Crippen molar-refractivity contribution in [1.82, 2.24) is 0 Å². The number of carbonyl (C=O) groups excluding carboxylic acids is 2. The van der Waals surface area contributed by atoms with E-state index in [1.54, 1.807) is 12.1 Å². The van der Waals surface area contributed by atoms with Gasteiger partial charge in [-0.25, -0.2) is 9.59 Å². The first-order valence-electron chi connectivity index (χ1n) is 4.71. The van der Waals surface area contributed by atoms with Crippen LogP contribution in [0.25, 0.3) is 16.5 Å². The lowest BCUT2D eigenvalue weighted by Crippen LogP contribution is -2.00. The molecule has 0 atom stereocenters. The van der Waals surface area contributed by atoms with Crippen LogP contribution >= 0.6 is 0 Å². The van der Waals surface area contributed by atoms with Gasteiger partial charge < -0.3 is 9.15 Å². The molecule has 2 aromatic rings. The number of furan rings is 1. The summed E-state index contributed by atoms with van der Waals surface area (Å²) in [5.74, 6) is -0.957. The Hall–Kier alpha value is -2.36. The summed E-state index contributed by atoms with van der Waals surface area (Å²) >= 11 is 0. The molecule has 3 rings (SSSR count). The molecule has 16 heavy (non-hydrogen) atoms. The molecule has 0 unspecified atom stereocenters. The third-order valence-corrected chi connectivity index (χ3v) is 2.37. The number of carbonyl (C=O) groups is 2. The summed E-state index contributed by atoms with van der Waals surface area (Å²) in [6, 6.07) is 9.07. The van der Waals surface area contributed by atoms with Crippen LogP contribution in [0.3, 0.4) is 0 Å². The summed E-state index contributed by atoms with van der Waals surface area (Å²) in [5, 5.41) is 0.880. The van der Waals surface area contributed by atoms with Gasteiger partial charge in [-0.15, -0.1) is 0 Å². The molecule has 78 valence electrons. The molecule has 0 aliphatic carbocycles. The molecule has 1 aliphatic rings. The van der Waals surface area contributed by atoms with Gasteiger partial charge in [0.15, 0.2) is 0 Å². The van der Waals surface area contributed by atoms with Crippen molar-refractivity contribution in [1.29, 1.82) is 0 Å². The Kier molecular flexibility index (Phi) is 1.71. The molecule has 0 N–H and O–H groups in total. The summed E-state index contributed by atoms with van der Waals surface area (Å²) in [4.78, 5) is 22.2. The van der Waals surface area contributed by atoms with Gasteiger partial charge in [0.05, 0.1) is 0 Å². The van der Waals surface area contributed by atoms with E-state index in [1.807, 2.05) is 18.2 Å². The average molecular weight is 214 g/mol. The largest absolute Gasteiger partial charge is 0.456 e. The smallest absolute Gasteiger partial charge is 0.350 e. The number of rotatable bonds is 1. The normalized spacial score (nSPS) is 15.4. The lowest BCUT2D eigenvalue weighted by atomic mass is 10.2. The van der Waals surface area contributed by atoms with E-state index < -0.39 is 11.9 Å². The molecule has 0 saturated carbocycles. The minimum atomic E-state index is -0.663. The van der Waals surface area contributed by atoms with Crippen LogP contribution in [0.1, 0.15) is 5.76 Å². The predicted octanol–water partition coefficient (Wildman–Crippen LogP) is 1.90. The Morgan fingerprint density at radius 3 is 2.56 bits per heavy atom. The number of esters is 2. The van der Waals surface area contributed by atoms with E-state index in [1.165, 1.54) is 0 Å². The first kappa shape index (κ1) is 8.91. The van der Waals surface area contributed by atoms with Crippen LogP contribution in [0, 0.1) is 0 Å². The van der Waals surface area contributed by atoms with Gasteiger partial charge in [0.2, 0.25) is 0 Å². The van der Waals surface area contributed by atoms with E-state index in [9.17, 15) is 9.59 Å². The summed E-state index contributed by atoms with van der Waals surface area (Å²) in [5.41, 5.74) is 0.840. The molecular formula is C12H6O4. The maximum absolute atomic E-state index is 11.3. The van der Waals surface area contributed by atoms with Crippen molar-refractivity contribution in [3.05, 3.63) is 42.2 Å². The van der Waals surface area contributed by atoms with Crippen molar-refractivity contribution >= 4 is 28.5 Å². The van der Waals surface area contributed by atoms with Gasteiger partial charge in [-0.05, 0) is 12.1 Å². The summed E-state index contributed by atoms with van der Waals surface area (Å²) < 4.78 is 9.84. The molecule has 1 aromatic heterocycles. The van der Waals surface area contributed by atoms with E-state index in [0.29, 0.717) is 11.3 Å². The second kappa shape index (κ2) is 3.06. The summed E-state index contributed by atoms with van der Waals surface area (Å²) in [7, 11) is 0. The molecule has 0 spiro atoms. The maximum Gasteiger partial charge on any atom is 0.350 e. The fourth-order valence-corrected chi connectivity index (χ4v) is 1.64. The fraction of sp³-hybridized carbons (Fsp3) is 0. The molecule has 0 bridgehead atoms. The quantitative estimate of drug-likeness (QED) is 0.537. The van der Waals surface area contributed by atoms with Gasteiger partial charge in [0.1, 0.15) is 16.9 Å². The highest BCUT2D eigenvalue weighted by Crippen LogP contribution is 2.27. The number of ether oxygens (including phenoxy) is 1. The third kappa shape index (κ3) is 1.24. The lowest BCUT2D eigenvalue weighted by Gasteiger charge is -1.91. The molecule has 0 saturated heterocycles. The first-order chi connectivity index (χ1) is 7.74. The number of cyclic esters (lactones) is 2. The molecule has 0 amide bonds. The van der Waals surface area contributed by atoms with Crippen LogP contribution in [-0.4, -0.2) is 11.9 Å². The van der Waals surface area contributed by atoms with E-state index in [4.69, 9.17) is 4.42 Å². The van der Waals surface area contributed by atoms with Gasteiger partial charge in [-0.3, -0.25) is 0 Å². The average Bonchev–Trinajstić information content (AvgIpc) is 2.81. The number of hydrogen-bond acceptors (Lipinski definition) is 4. The van der Waals surface area contributed by atoms with Gasteiger partial charge in [0.25, 0.3) is 0 Å². The third-order valence-electron chi connectivity index (χ3n) is 2.37. The van der Waals surface area contributed by atoms with Crippen molar-refractivity contribution in [2.75, 3.05) is 0 Å². The van der Waals surface area contributed by atoms with Gasteiger partial charge >= 0.3 is 11.9 Å². The van der Waals surface area contributed by atoms with E-state index in [2.05, 4.69) is 4.74 Å². The number of benzene rings is 1. The fourth-order valence-electron chi connectivity index (χ4n) is 1.64. The van der Waals surface area contributed by atoms with Gasteiger partial charge in [0, 0.05) is 11.5 Å². The second-order valence-corrected chi connectivity index (χ2v) is 3.42. The molecule has 1 aromatic carbocycles. The zero-order chi connectivity index (χ0) is 11.1. The number of para-hydroxylation sites is 1. The van der Waals surface area contributed by atoms with Crippen LogP contribution in [0.2, 0.25) is 0 Å². The topological polar surface area (TPSA) is 56.5 Å². The van der Waals surface area contributed by atoms with Crippen LogP contribution in [0.5, 0.6) is 0 Å². The number of hydrogen-bond donors (Lipinski definition) is 0. The van der Waals surface area contributed by atoms with Crippen molar-refractivity contribution < 1.29 is 18.7 Å². The molecule has 0 radical (unpaired) electrons. The lowest BCUT2D eigenvalue weighted by molar-refractivity contribution is -0.149. The molecule has 2 heterocycles. The highest BCUT2D eigenvalue weighted by atomic mass is 16.6. The van der Waals surface area contributed by atoms with Crippen molar-refractivity contribution in [3.8, 4) is 0 Å². The zero-order valence-corrected chi connectivity index (χ0v) is 8.10. The Bertz CT molecular complexity index is 600. The van der Waals surface area contributed by atoms with Crippen molar-refractivity contribution in [3.63, 3.8) is 0 Å². The van der Waals surface area contributed by atoms with Crippen molar-refractivity contribution in [2.45, 2.75) is 0 Å². The van der Waals surface area contributed by atoms with Gasteiger partial charge in [-0.2, -0.15) is 0 Å². The Labute approximate surface area is 90.1 Å². The van der Waals surface area contributed by atoms with Crippen LogP contribution < -0.4 is 0 Å². The minimum Gasteiger partial charge on any atom is -0.456 e. The molecule has 4 heteroatoms. The Balaban J connectivity index is 2.16. The molecule has 0 fully saturated rings. The number of fused-ring (bicyclic) bond motifs is 1. The Morgan fingerprint density at radius 2 is 1.88 bits per heavy atom. The predicted molar refractivity (Wildman–Crippen MR) is 55.3 cm³/mol. The van der Waals surface area contributed by atoms with E-state index in [0.717, 1.165) is 11.5 Å². The van der Waals surface area contributed by atoms with Gasteiger partial charge in [-0.1, -0.05) is 18.2 Å². The highest BCUT2D eigenvalue weighted by molar-refractivity contribution is 6.28. The second-order valence-electron chi connectivity index (χ2n) is 3.42. The van der Waals surface area contributed by atoms with Crippen LogP contribution in [0.4, 0.5) is 0 Å². The van der Waals surface area contributed by atoms with E-state index in [-0.39, 0.29) is 5.57 Å². The zero-order valence-electron chi connectivity index (χ0n) is 8.10. The monoisotopic (exact) mass is 214 g/mol. The maximum atomic E-state index is 11.3. The highest BCUT2D eigenvalue weighted by Gasteiger charge is 2.27. The molecule has 1 aliphatic heterocycles. The van der Waals surface area contributed by atoms with Crippen LogP contribution in [0.15, 0.2) is 40.8 Å². The standard InChI is InChI=1S/C12H6O4/c13-11-6-8(12(14)16-11)10-5-7-3-1-2-4-9(7)15-10/h1-6H. The van der Waals surface area contributed by atoms with Crippen molar-refractivity contribution in [2.24, 2.45) is 0 Å². The molecular weight excluding hydrogens is 208 g/mol. The summed E-state index contributed by atoms with van der Waals surface area (Å²) in [6.45, 7) is 0. The SMILES string of the molecule is O=C1C=C(c2cc3ccccc3o2)C(=O)O1. The van der Waals surface area contributed by atoms with Crippen LogP contribution in [-0.2, 0) is 14.3 Å². The molecule has 4 nitrogen and oxygen atoms in total. The summed E-state index contributed by atoms with van der Waals surface area (Å²) in [6.07, 6.45) is 1.14.